The summed E-state index contributed by atoms with van der Waals surface area (Å²) >= 11 is 0. The quantitative estimate of drug-likeness (QED) is 0.724. The highest BCUT2D eigenvalue weighted by molar-refractivity contribution is 5.27. The molecule has 1 aromatic rings. The van der Waals surface area contributed by atoms with Crippen molar-refractivity contribution in [3.8, 4) is 5.75 Å². The molecule has 1 atom stereocenters. The summed E-state index contributed by atoms with van der Waals surface area (Å²) in [5.41, 5.74) is 1.18. The van der Waals surface area contributed by atoms with Gasteiger partial charge in [0.25, 0.3) is 0 Å². The zero-order chi connectivity index (χ0) is 11.8. The summed E-state index contributed by atoms with van der Waals surface area (Å²) < 4.78 is 17.2. The van der Waals surface area contributed by atoms with E-state index in [1.54, 1.807) is 6.92 Å². The fourth-order valence-electron chi connectivity index (χ4n) is 1.37. The van der Waals surface area contributed by atoms with Gasteiger partial charge in [-0.1, -0.05) is 12.1 Å². The fraction of sp³-hybridized carbons (Fsp3) is 0.538. The van der Waals surface area contributed by atoms with E-state index in [0.29, 0.717) is 13.0 Å². The Kier molecular flexibility index (Phi) is 5.86. The van der Waals surface area contributed by atoms with Crippen molar-refractivity contribution in [3.05, 3.63) is 29.8 Å². The number of hydrogen-bond donors (Lipinski definition) is 1. The molecule has 1 rings (SSSR count). The molecule has 0 aliphatic heterocycles. The molecule has 0 radical (unpaired) electrons. The van der Waals surface area contributed by atoms with Crippen LogP contribution >= 0.6 is 0 Å². The van der Waals surface area contributed by atoms with Gasteiger partial charge in [-0.05, 0) is 37.5 Å². The Hall–Kier alpha value is -1.09. The second kappa shape index (κ2) is 7.23. The number of alkyl halides is 1. The summed E-state index contributed by atoms with van der Waals surface area (Å²) in [6.07, 6.45) is 1.80. The molecule has 90 valence electrons. The fourth-order valence-corrected chi connectivity index (χ4v) is 1.37. The number of aliphatic hydroxyl groups excluding tert-OH is 1. The van der Waals surface area contributed by atoms with Gasteiger partial charge in [-0.3, -0.25) is 4.39 Å². The van der Waals surface area contributed by atoms with Crippen LogP contribution in [-0.2, 0) is 6.42 Å². The highest BCUT2D eigenvalue weighted by Crippen LogP contribution is 2.14. The SMILES string of the molecule is CC(O)CCc1ccc(OCCCF)cc1. The third-order valence-corrected chi connectivity index (χ3v) is 2.32. The largest absolute Gasteiger partial charge is 0.494 e. The van der Waals surface area contributed by atoms with Gasteiger partial charge in [0.15, 0.2) is 0 Å². The minimum absolute atomic E-state index is 0.263. The summed E-state index contributed by atoms with van der Waals surface area (Å²) in [5.74, 6) is 0.772. The smallest absolute Gasteiger partial charge is 0.119 e. The third-order valence-electron chi connectivity index (χ3n) is 2.32. The van der Waals surface area contributed by atoms with E-state index in [1.807, 2.05) is 24.3 Å². The van der Waals surface area contributed by atoms with Gasteiger partial charge in [0.2, 0.25) is 0 Å². The van der Waals surface area contributed by atoms with Gasteiger partial charge < -0.3 is 9.84 Å². The predicted octanol–water partition coefficient (Wildman–Crippen LogP) is 2.74. The van der Waals surface area contributed by atoms with Crippen molar-refractivity contribution in [2.75, 3.05) is 13.3 Å². The van der Waals surface area contributed by atoms with E-state index in [2.05, 4.69) is 0 Å². The van der Waals surface area contributed by atoms with Crippen molar-refractivity contribution in [3.63, 3.8) is 0 Å². The van der Waals surface area contributed by atoms with Gasteiger partial charge in [0, 0.05) is 6.42 Å². The highest BCUT2D eigenvalue weighted by atomic mass is 19.1. The Labute approximate surface area is 96.1 Å². The molecule has 0 aromatic heterocycles. The summed E-state index contributed by atoms with van der Waals surface area (Å²) in [7, 11) is 0. The number of rotatable bonds is 7. The number of aryl methyl sites for hydroxylation is 1. The Morgan fingerprint density at radius 2 is 2.00 bits per heavy atom. The van der Waals surface area contributed by atoms with Crippen molar-refractivity contribution < 1.29 is 14.2 Å². The summed E-state index contributed by atoms with van der Waals surface area (Å²) in [6.45, 7) is 1.87. The predicted molar refractivity (Wildman–Crippen MR) is 62.5 cm³/mol. The van der Waals surface area contributed by atoms with Crippen LogP contribution in [0.15, 0.2) is 24.3 Å². The zero-order valence-electron chi connectivity index (χ0n) is 9.66. The molecule has 0 aliphatic rings. The molecule has 3 heteroatoms. The Morgan fingerprint density at radius 1 is 1.31 bits per heavy atom. The Bertz CT molecular complexity index is 282. The number of aliphatic hydroxyl groups is 1. The van der Waals surface area contributed by atoms with E-state index in [-0.39, 0.29) is 12.8 Å². The lowest BCUT2D eigenvalue weighted by molar-refractivity contribution is 0.185. The normalized spacial score (nSPS) is 12.4. The molecule has 0 heterocycles. The van der Waals surface area contributed by atoms with Crippen LogP contribution < -0.4 is 4.74 Å². The van der Waals surface area contributed by atoms with Crippen LogP contribution in [0.1, 0.15) is 25.3 Å². The van der Waals surface area contributed by atoms with E-state index in [9.17, 15) is 4.39 Å². The number of halogens is 1. The molecule has 0 aliphatic carbocycles. The Morgan fingerprint density at radius 3 is 2.56 bits per heavy atom. The average Bonchev–Trinajstić information content (AvgIpc) is 2.28. The lowest BCUT2D eigenvalue weighted by Crippen LogP contribution is -2.01. The minimum Gasteiger partial charge on any atom is -0.494 e. The first-order valence-corrected chi connectivity index (χ1v) is 5.68. The average molecular weight is 226 g/mol. The van der Waals surface area contributed by atoms with Crippen molar-refractivity contribution in [2.24, 2.45) is 0 Å². The highest BCUT2D eigenvalue weighted by Gasteiger charge is 1.99. The molecule has 0 saturated heterocycles. The lowest BCUT2D eigenvalue weighted by Gasteiger charge is -2.07. The van der Waals surface area contributed by atoms with Gasteiger partial charge in [0.1, 0.15) is 5.75 Å². The molecule has 16 heavy (non-hydrogen) atoms. The van der Waals surface area contributed by atoms with Gasteiger partial charge in [0.05, 0.1) is 19.4 Å². The molecule has 0 saturated carbocycles. The third kappa shape index (κ3) is 5.12. The zero-order valence-corrected chi connectivity index (χ0v) is 9.66. The monoisotopic (exact) mass is 226 g/mol. The van der Waals surface area contributed by atoms with E-state index in [4.69, 9.17) is 9.84 Å². The van der Waals surface area contributed by atoms with Crippen molar-refractivity contribution in [1.82, 2.24) is 0 Å². The second-order valence-corrected chi connectivity index (χ2v) is 3.92. The summed E-state index contributed by atoms with van der Waals surface area (Å²) in [5, 5.41) is 9.15. The van der Waals surface area contributed by atoms with Crippen molar-refractivity contribution in [2.45, 2.75) is 32.3 Å². The molecule has 2 nitrogen and oxygen atoms in total. The van der Waals surface area contributed by atoms with Gasteiger partial charge in [-0.15, -0.1) is 0 Å². The van der Waals surface area contributed by atoms with Crippen LogP contribution in [0.5, 0.6) is 5.75 Å². The maximum absolute atomic E-state index is 11.8. The van der Waals surface area contributed by atoms with Crippen LogP contribution in [-0.4, -0.2) is 24.5 Å². The first kappa shape index (κ1) is 13.0. The topological polar surface area (TPSA) is 29.5 Å². The number of ether oxygens (including phenoxy) is 1. The molecular formula is C13H19FO2. The van der Waals surface area contributed by atoms with Crippen molar-refractivity contribution >= 4 is 0 Å². The standard InChI is InChI=1S/C13H19FO2/c1-11(15)3-4-12-5-7-13(8-6-12)16-10-2-9-14/h5-8,11,15H,2-4,9-10H2,1H3. The molecule has 0 amide bonds. The first-order valence-electron chi connectivity index (χ1n) is 5.68. The van der Waals surface area contributed by atoms with E-state index < -0.39 is 0 Å². The van der Waals surface area contributed by atoms with E-state index in [0.717, 1.165) is 18.6 Å². The number of hydrogen-bond acceptors (Lipinski definition) is 2. The summed E-state index contributed by atoms with van der Waals surface area (Å²) in [6, 6.07) is 7.73. The van der Waals surface area contributed by atoms with Crippen LogP contribution in [0, 0.1) is 0 Å². The van der Waals surface area contributed by atoms with Crippen LogP contribution in [0.25, 0.3) is 0 Å². The molecule has 0 spiro atoms. The molecular weight excluding hydrogens is 207 g/mol. The van der Waals surface area contributed by atoms with E-state index in [1.165, 1.54) is 5.56 Å². The van der Waals surface area contributed by atoms with Gasteiger partial charge >= 0.3 is 0 Å². The number of benzene rings is 1. The molecule has 1 aromatic carbocycles. The van der Waals surface area contributed by atoms with Gasteiger partial charge in [-0.2, -0.15) is 0 Å². The first-order chi connectivity index (χ1) is 7.72. The van der Waals surface area contributed by atoms with Crippen LogP contribution in [0.3, 0.4) is 0 Å². The molecule has 1 unspecified atom stereocenters. The Balaban J connectivity index is 2.35. The molecule has 0 bridgehead atoms. The van der Waals surface area contributed by atoms with Crippen LogP contribution in [0.4, 0.5) is 4.39 Å². The van der Waals surface area contributed by atoms with Gasteiger partial charge in [-0.25, -0.2) is 0 Å². The summed E-state index contributed by atoms with van der Waals surface area (Å²) in [4.78, 5) is 0. The molecule has 0 fully saturated rings. The van der Waals surface area contributed by atoms with E-state index >= 15 is 0 Å². The van der Waals surface area contributed by atoms with Crippen molar-refractivity contribution in [1.29, 1.82) is 0 Å². The second-order valence-electron chi connectivity index (χ2n) is 3.92. The lowest BCUT2D eigenvalue weighted by atomic mass is 10.1. The minimum atomic E-state index is -0.341. The maximum atomic E-state index is 11.8. The van der Waals surface area contributed by atoms with Crippen LogP contribution in [0.2, 0.25) is 0 Å². The molecule has 1 N–H and O–H groups in total. The maximum Gasteiger partial charge on any atom is 0.119 e.